The van der Waals surface area contributed by atoms with Crippen LogP contribution in [0.1, 0.15) is 39.5 Å². The molecule has 2 aliphatic heterocycles. The van der Waals surface area contributed by atoms with Crippen molar-refractivity contribution < 1.29 is 28.8 Å². The fraction of sp³-hybridized carbons (Fsp3) is 0.714. The fourth-order valence-electron chi connectivity index (χ4n) is 3.59. The van der Waals surface area contributed by atoms with E-state index < -0.39 is 45.3 Å². The van der Waals surface area contributed by atoms with Gasteiger partial charge in [0.25, 0.3) is 0 Å². The van der Waals surface area contributed by atoms with Crippen LogP contribution in [-0.4, -0.2) is 55.8 Å². The van der Waals surface area contributed by atoms with Crippen LogP contribution in [0.15, 0.2) is 30.3 Å². The van der Waals surface area contributed by atoms with E-state index in [-0.39, 0.29) is 11.6 Å². The van der Waals surface area contributed by atoms with Gasteiger partial charge in [-0.2, -0.15) is 0 Å². The molecule has 0 radical (unpaired) electrons. The molecule has 7 heteroatoms. The third-order valence-corrected chi connectivity index (χ3v) is 11.3. The summed E-state index contributed by atoms with van der Waals surface area (Å²) in [6.45, 7) is 13.2. The Balaban J connectivity index is 1.71. The molecule has 0 aromatic heterocycles. The Hall–Kier alpha value is -0.803. The molecule has 1 aromatic rings. The molecule has 2 aliphatic rings. The van der Waals surface area contributed by atoms with Crippen LogP contribution in [0.2, 0.25) is 18.1 Å². The maximum atomic E-state index is 10.7. The number of benzene rings is 1. The van der Waals surface area contributed by atoms with Gasteiger partial charge in [0, 0.05) is 5.56 Å². The highest BCUT2D eigenvalue weighted by molar-refractivity contribution is 6.74. The number of rotatable bonds is 5. The summed E-state index contributed by atoms with van der Waals surface area (Å²) in [6.07, 6.45) is -4.92. The summed E-state index contributed by atoms with van der Waals surface area (Å²) in [4.78, 5) is 0. The lowest BCUT2D eigenvalue weighted by molar-refractivity contribution is -0.351. The molecule has 3 rings (SSSR count). The van der Waals surface area contributed by atoms with Gasteiger partial charge in [0.1, 0.15) is 24.4 Å². The maximum absolute atomic E-state index is 10.7. The lowest BCUT2D eigenvalue weighted by Crippen LogP contribution is -2.64. The van der Waals surface area contributed by atoms with Crippen LogP contribution in [0.3, 0.4) is 0 Å². The molecule has 1 unspecified atom stereocenters. The minimum absolute atomic E-state index is 0.0319. The molecule has 2 saturated heterocycles. The molecule has 0 aliphatic carbocycles. The van der Waals surface area contributed by atoms with Gasteiger partial charge in [-0.05, 0) is 24.1 Å². The summed E-state index contributed by atoms with van der Waals surface area (Å²) in [5, 5.41) is 21.4. The SMILES string of the molecule is CC(C)C(C)(C)[Si](C)(C)O[C@@H]1O[C@@H]2COC(c3ccccc3)O[C@@H]2[C@H](O)[C@H]1O. The van der Waals surface area contributed by atoms with Crippen LogP contribution in [-0.2, 0) is 18.6 Å². The second kappa shape index (κ2) is 8.14. The molecule has 6 nitrogen and oxygen atoms in total. The topological polar surface area (TPSA) is 77.4 Å². The highest BCUT2D eigenvalue weighted by atomic mass is 28.4. The van der Waals surface area contributed by atoms with E-state index in [0.717, 1.165) is 5.56 Å². The molecule has 1 aromatic carbocycles. The number of hydrogen-bond donors (Lipinski definition) is 2. The smallest absolute Gasteiger partial charge is 0.196 e. The first kappa shape index (κ1) is 21.9. The van der Waals surface area contributed by atoms with Gasteiger partial charge in [-0.15, -0.1) is 0 Å². The predicted molar refractivity (Wildman–Crippen MR) is 108 cm³/mol. The Labute approximate surface area is 168 Å². The van der Waals surface area contributed by atoms with Crippen LogP contribution in [0, 0.1) is 5.92 Å². The monoisotopic (exact) mass is 410 g/mol. The minimum Gasteiger partial charge on any atom is -0.390 e. The number of aliphatic hydroxyl groups excluding tert-OH is 2. The Morgan fingerprint density at radius 2 is 1.71 bits per heavy atom. The highest BCUT2D eigenvalue weighted by Gasteiger charge is 2.53. The van der Waals surface area contributed by atoms with Gasteiger partial charge in [-0.25, -0.2) is 0 Å². The normalized spacial score (nSPS) is 34.3. The molecule has 2 fully saturated rings. The summed E-state index contributed by atoms with van der Waals surface area (Å²) >= 11 is 0. The van der Waals surface area contributed by atoms with Gasteiger partial charge in [0.15, 0.2) is 20.9 Å². The molecule has 28 heavy (non-hydrogen) atoms. The first-order valence-electron chi connectivity index (χ1n) is 10.1. The second-order valence-corrected chi connectivity index (χ2v) is 13.8. The van der Waals surface area contributed by atoms with Crippen molar-refractivity contribution in [1.82, 2.24) is 0 Å². The van der Waals surface area contributed by atoms with E-state index in [0.29, 0.717) is 5.92 Å². The van der Waals surface area contributed by atoms with Crippen molar-refractivity contribution in [2.45, 2.75) is 82.8 Å². The summed E-state index contributed by atoms with van der Waals surface area (Å²) in [5.74, 6) is 0.417. The number of aliphatic hydroxyl groups is 2. The molecule has 0 bridgehead atoms. The van der Waals surface area contributed by atoms with Gasteiger partial charge in [-0.1, -0.05) is 58.0 Å². The van der Waals surface area contributed by atoms with Gasteiger partial charge in [-0.3, -0.25) is 0 Å². The molecule has 2 N–H and O–H groups in total. The van der Waals surface area contributed by atoms with Crippen molar-refractivity contribution >= 4 is 8.32 Å². The molecule has 0 spiro atoms. The lowest BCUT2D eigenvalue weighted by atomic mass is 9.98. The number of fused-ring (bicyclic) bond motifs is 1. The summed E-state index contributed by atoms with van der Waals surface area (Å²) < 4.78 is 24.1. The van der Waals surface area contributed by atoms with Crippen molar-refractivity contribution in [2.24, 2.45) is 5.92 Å². The van der Waals surface area contributed by atoms with Crippen LogP contribution in [0.4, 0.5) is 0 Å². The zero-order chi connectivity index (χ0) is 20.7. The first-order chi connectivity index (χ1) is 13.0. The molecule has 2 heterocycles. The molecular weight excluding hydrogens is 376 g/mol. The average Bonchev–Trinajstić information content (AvgIpc) is 2.66. The van der Waals surface area contributed by atoms with Crippen molar-refractivity contribution in [3.05, 3.63) is 35.9 Å². The van der Waals surface area contributed by atoms with Gasteiger partial charge in [0.2, 0.25) is 0 Å². The zero-order valence-electron chi connectivity index (χ0n) is 17.7. The van der Waals surface area contributed by atoms with Crippen molar-refractivity contribution in [3.63, 3.8) is 0 Å². The summed E-state index contributed by atoms with van der Waals surface area (Å²) in [5.41, 5.74) is 0.869. The Kier molecular flexibility index (Phi) is 6.37. The van der Waals surface area contributed by atoms with Crippen molar-refractivity contribution in [1.29, 1.82) is 0 Å². The van der Waals surface area contributed by atoms with Gasteiger partial charge < -0.3 is 28.8 Å². The first-order valence-corrected chi connectivity index (χ1v) is 13.0. The zero-order valence-corrected chi connectivity index (χ0v) is 18.7. The lowest BCUT2D eigenvalue weighted by Gasteiger charge is -2.50. The van der Waals surface area contributed by atoms with E-state index in [1.54, 1.807) is 0 Å². The van der Waals surface area contributed by atoms with E-state index >= 15 is 0 Å². The molecule has 0 amide bonds. The van der Waals surface area contributed by atoms with E-state index in [1.165, 1.54) is 0 Å². The van der Waals surface area contributed by atoms with Crippen molar-refractivity contribution in [3.8, 4) is 0 Å². The number of hydrogen-bond acceptors (Lipinski definition) is 6. The average molecular weight is 411 g/mol. The molecule has 0 saturated carbocycles. The molecule has 6 atom stereocenters. The van der Waals surface area contributed by atoms with E-state index in [9.17, 15) is 10.2 Å². The summed E-state index contributed by atoms with van der Waals surface area (Å²) in [7, 11) is -2.25. The predicted octanol–water partition coefficient (Wildman–Crippen LogP) is 3.21. The standard InChI is InChI=1S/C21H34O6Si/c1-13(2)21(3,4)28(5,6)27-20-17(23)16(22)18-15(25-20)12-24-19(26-18)14-10-8-7-9-11-14/h7-11,13,15-20,22-23H,12H2,1-6H3/t15-,16-,17-,18+,19?,20+/m1/s1. The van der Waals surface area contributed by atoms with Gasteiger partial charge >= 0.3 is 0 Å². The van der Waals surface area contributed by atoms with E-state index in [2.05, 4.69) is 40.8 Å². The Bertz CT molecular complexity index is 648. The van der Waals surface area contributed by atoms with E-state index in [1.807, 2.05) is 30.3 Å². The second-order valence-electron chi connectivity index (χ2n) is 9.21. The third kappa shape index (κ3) is 4.07. The summed E-state index contributed by atoms with van der Waals surface area (Å²) in [6, 6.07) is 9.55. The fourth-order valence-corrected chi connectivity index (χ4v) is 6.06. The van der Waals surface area contributed by atoms with Crippen molar-refractivity contribution in [2.75, 3.05) is 6.61 Å². The van der Waals surface area contributed by atoms with Crippen LogP contribution < -0.4 is 0 Å². The van der Waals surface area contributed by atoms with Crippen LogP contribution >= 0.6 is 0 Å². The Morgan fingerprint density at radius 1 is 1.07 bits per heavy atom. The Morgan fingerprint density at radius 3 is 2.32 bits per heavy atom. The highest BCUT2D eigenvalue weighted by Crippen LogP contribution is 2.46. The van der Waals surface area contributed by atoms with Gasteiger partial charge in [0.05, 0.1) is 6.61 Å². The third-order valence-electron chi connectivity index (χ3n) is 6.81. The molecular formula is C21H34O6Si. The van der Waals surface area contributed by atoms with Crippen LogP contribution in [0.5, 0.6) is 0 Å². The maximum Gasteiger partial charge on any atom is 0.196 e. The molecule has 158 valence electrons. The van der Waals surface area contributed by atoms with Crippen LogP contribution in [0.25, 0.3) is 0 Å². The number of ether oxygens (including phenoxy) is 3. The minimum atomic E-state index is -2.25. The quantitative estimate of drug-likeness (QED) is 0.726. The largest absolute Gasteiger partial charge is 0.390 e. The van der Waals surface area contributed by atoms with E-state index in [4.69, 9.17) is 18.6 Å².